The predicted molar refractivity (Wildman–Crippen MR) is 120 cm³/mol. The number of amides is 1. The molecule has 0 fully saturated rings. The third kappa shape index (κ3) is 5.08. The van der Waals surface area contributed by atoms with Gasteiger partial charge in [-0.1, -0.05) is 6.07 Å². The van der Waals surface area contributed by atoms with Crippen LogP contribution >= 0.6 is 0 Å². The minimum atomic E-state index is -4.92. The summed E-state index contributed by atoms with van der Waals surface area (Å²) in [5, 5.41) is 4.96. The maximum absolute atomic E-state index is 14.4. The van der Waals surface area contributed by atoms with E-state index in [4.69, 9.17) is 5.73 Å². The van der Waals surface area contributed by atoms with Crippen molar-refractivity contribution in [2.75, 3.05) is 29.6 Å². The number of hydrogen-bond acceptors (Lipinski definition) is 9. The molecular formula is C19H21F3N8O3S. The molecular weight excluding hydrogens is 477 g/mol. The van der Waals surface area contributed by atoms with Crippen LogP contribution in [0.2, 0.25) is 0 Å². The van der Waals surface area contributed by atoms with E-state index >= 15 is 0 Å². The van der Waals surface area contributed by atoms with E-state index in [2.05, 4.69) is 30.6 Å². The predicted octanol–water partition coefficient (Wildman–Crippen LogP) is 0.914. The number of alkyl halides is 3. The van der Waals surface area contributed by atoms with E-state index in [1.54, 1.807) is 0 Å². The van der Waals surface area contributed by atoms with Crippen molar-refractivity contribution >= 4 is 39.5 Å². The van der Waals surface area contributed by atoms with Gasteiger partial charge in [-0.05, 0) is 18.2 Å². The lowest BCUT2D eigenvalue weighted by molar-refractivity contribution is -0.142. The van der Waals surface area contributed by atoms with Crippen molar-refractivity contribution in [3.8, 4) is 0 Å². The number of carbonyl (C=O) groups is 1. The summed E-state index contributed by atoms with van der Waals surface area (Å²) in [7, 11) is -2.45. The van der Waals surface area contributed by atoms with Crippen molar-refractivity contribution in [2.24, 2.45) is 15.7 Å². The molecule has 1 amide bonds. The molecule has 182 valence electrons. The highest BCUT2D eigenvalue weighted by molar-refractivity contribution is 7.92. The van der Waals surface area contributed by atoms with Gasteiger partial charge in [0.25, 0.3) is 0 Å². The fourth-order valence-electron chi connectivity index (χ4n) is 3.09. The average Bonchev–Trinajstić information content (AvgIpc) is 2.77. The second-order valence-corrected chi connectivity index (χ2v) is 9.26. The Balaban J connectivity index is 1.96. The van der Waals surface area contributed by atoms with Gasteiger partial charge in [-0.3, -0.25) is 19.1 Å². The van der Waals surface area contributed by atoms with Crippen molar-refractivity contribution < 1.29 is 26.4 Å². The van der Waals surface area contributed by atoms with E-state index in [0.717, 1.165) is 10.6 Å². The number of benzene rings is 1. The Morgan fingerprint density at radius 1 is 1.26 bits per heavy atom. The molecule has 0 aliphatic carbocycles. The molecule has 15 heteroatoms. The van der Waals surface area contributed by atoms with Gasteiger partial charge in [0.05, 0.1) is 12.8 Å². The van der Waals surface area contributed by atoms with Crippen LogP contribution in [0.3, 0.4) is 0 Å². The van der Waals surface area contributed by atoms with E-state index in [0.29, 0.717) is 6.21 Å². The monoisotopic (exact) mass is 498 g/mol. The fourth-order valence-corrected chi connectivity index (χ4v) is 3.56. The molecule has 2 aromatic rings. The van der Waals surface area contributed by atoms with E-state index in [-0.39, 0.29) is 36.0 Å². The molecule has 1 aliphatic rings. The molecule has 0 saturated heterocycles. The van der Waals surface area contributed by atoms with Gasteiger partial charge < -0.3 is 16.4 Å². The van der Waals surface area contributed by atoms with Crippen molar-refractivity contribution in [1.29, 1.82) is 0 Å². The number of hydrogen-bond donors (Lipinski definition) is 3. The number of aliphatic imine (C=N–C) groups is 2. The van der Waals surface area contributed by atoms with Crippen LogP contribution in [0.25, 0.3) is 0 Å². The zero-order chi connectivity index (χ0) is 25.1. The number of nitrogens with zero attached hydrogens (tertiary/aromatic N) is 5. The summed E-state index contributed by atoms with van der Waals surface area (Å²) in [5.74, 6) is -1.39. The summed E-state index contributed by atoms with van der Waals surface area (Å²) in [6, 6.07) is 5.26. The van der Waals surface area contributed by atoms with E-state index in [9.17, 15) is 26.4 Å². The molecule has 11 nitrogen and oxygen atoms in total. The molecule has 0 spiro atoms. The summed E-state index contributed by atoms with van der Waals surface area (Å²) >= 11 is 0. The van der Waals surface area contributed by atoms with Crippen LogP contribution in [0.4, 0.5) is 24.7 Å². The molecule has 1 unspecified atom stereocenters. The molecule has 1 atom stereocenters. The highest BCUT2D eigenvalue weighted by atomic mass is 32.2. The standard InChI is InChI=1S/C19H21F3N8O3S/c1-30(34(2,32)33)16-14(25-6-7-26-16)9-27-17-18(19(20,21)22,10-24-11-28-17)29-13-5-3-4-12(8-13)15(23)31/h3-8,10,29H,9,11H2,1-2H3,(H2,23,31)(H,27,28). The molecule has 1 aromatic heterocycles. The molecule has 2 heterocycles. The van der Waals surface area contributed by atoms with Gasteiger partial charge >= 0.3 is 6.18 Å². The molecule has 1 aromatic carbocycles. The van der Waals surface area contributed by atoms with Crippen LogP contribution in [-0.4, -0.2) is 68.0 Å². The SMILES string of the molecule is CN(c1nccnc1CNC1=NCN=CC1(Nc1cccc(C(N)=O)c1)C(F)(F)F)S(C)(=O)=O. The van der Waals surface area contributed by atoms with Crippen LogP contribution < -0.4 is 20.7 Å². The van der Waals surface area contributed by atoms with E-state index in [1.807, 2.05) is 0 Å². The zero-order valence-electron chi connectivity index (χ0n) is 18.0. The number of rotatable bonds is 7. The molecule has 0 bridgehead atoms. The van der Waals surface area contributed by atoms with Gasteiger partial charge in [0, 0.05) is 36.9 Å². The number of carbonyl (C=O) groups excluding carboxylic acids is 1. The number of halogens is 3. The summed E-state index contributed by atoms with van der Waals surface area (Å²) in [6.45, 7) is -0.587. The second kappa shape index (κ2) is 9.24. The van der Waals surface area contributed by atoms with Crippen LogP contribution in [-0.2, 0) is 16.6 Å². The quantitative estimate of drug-likeness (QED) is 0.513. The molecule has 0 radical (unpaired) electrons. The third-order valence-electron chi connectivity index (χ3n) is 4.88. The number of anilines is 2. The van der Waals surface area contributed by atoms with Crippen LogP contribution in [0.5, 0.6) is 0 Å². The lowest BCUT2D eigenvalue weighted by Gasteiger charge is -2.37. The van der Waals surface area contributed by atoms with Gasteiger partial charge in [0.1, 0.15) is 18.2 Å². The van der Waals surface area contributed by atoms with Crippen molar-refractivity contribution in [1.82, 2.24) is 15.3 Å². The number of nitrogens with one attached hydrogen (secondary N) is 2. The summed E-state index contributed by atoms with van der Waals surface area (Å²) in [5.41, 5.74) is 2.40. The summed E-state index contributed by atoms with van der Waals surface area (Å²) in [6.07, 6.45) is -0.733. The first-order chi connectivity index (χ1) is 15.8. The van der Waals surface area contributed by atoms with Gasteiger partial charge in [-0.2, -0.15) is 13.2 Å². The van der Waals surface area contributed by atoms with Crippen molar-refractivity contribution in [2.45, 2.75) is 18.3 Å². The molecule has 4 N–H and O–H groups in total. The smallest absolute Gasteiger partial charge is 0.366 e. The second-order valence-electron chi connectivity index (χ2n) is 7.25. The number of sulfonamides is 1. The zero-order valence-corrected chi connectivity index (χ0v) is 18.9. The van der Waals surface area contributed by atoms with Crippen LogP contribution in [0.15, 0.2) is 46.6 Å². The largest absolute Gasteiger partial charge is 0.423 e. The molecule has 3 rings (SSSR count). The Morgan fingerprint density at radius 2 is 1.97 bits per heavy atom. The van der Waals surface area contributed by atoms with Crippen molar-refractivity contribution in [3.05, 3.63) is 47.9 Å². The Hall–Kier alpha value is -3.75. The first-order valence-electron chi connectivity index (χ1n) is 9.63. The minimum absolute atomic E-state index is 0.00883. The molecule has 1 aliphatic heterocycles. The molecule has 34 heavy (non-hydrogen) atoms. The first kappa shape index (κ1) is 24.9. The number of aromatic nitrogens is 2. The summed E-state index contributed by atoms with van der Waals surface area (Å²) in [4.78, 5) is 27.1. The maximum atomic E-state index is 14.4. The topological polar surface area (TPSA) is 155 Å². The van der Waals surface area contributed by atoms with Crippen molar-refractivity contribution in [3.63, 3.8) is 0 Å². The maximum Gasteiger partial charge on any atom is 0.423 e. The number of amidine groups is 1. The highest BCUT2D eigenvalue weighted by Crippen LogP contribution is 2.35. The van der Waals surface area contributed by atoms with Gasteiger partial charge in [-0.25, -0.2) is 18.4 Å². The normalized spacial score (nSPS) is 18.2. The minimum Gasteiger partial charge on any atom is -0.366 e. The molecule has 0 saturated carbocycles. The Bertz CT molecular complexity index is 1250. The Labute approximate surface area is 193 Å². The van der Waals surface area contributed by atoms with Crippen LogP contribution in [0.1, 0.15) is 16.1 Å². The fraction of sp³-hybridized carbons (Fsp3) is 0.316. The average molecular weight is 498 g/mol. The lowest BCUT2D eigenvalue weighted by atomic mass is 9.96. The van der Waals surface area contributed by atoms with Crippen LogP contribution in [0, 0.1) is 0 Å². The van der Waals surface area contributed by atoms with Gasteiger partial charge in [0.2, 0.25) is 21.5 Å². The summed E-state index contributed by atoms with van der Waals surface area (Å²) < 4.78 is 67.9. The number of primary amides is 1. The number of nitrogens with two attached hydrogens (primary N) is 1. The lowest BCUT2D eigenvalue weighted by Crippen LogP contribution is -2.64. The van der Waals surface area contributed by atoms with Gasteiger partial charge in [-0.15, -0.1) is 0 Å². The van der Waals surface area contributed by atoms with Gasteiger partial charge in [0.15, 0.2) is 5.82 Å². The highest BCUT2D eigenvalue weighted by Gasteiger charge is 2.59. The Morgan fingerprint density at radius 3 is 2.62 bits per heavy atom. The third-order valence-corrected chi connectivity index (χ3v) is 6.04. The van der Waals surface area contributed by atoms with E-state index in [1.165, 1.54) is 43.7 Å². The first-order valence-corrected chi connectivity index (χ1v) is 11.5. The van der Waals surface area contributed by atoms with E-state index < -0.39 is 33.5 Å². The Kier molecular flexibility index (Phi) is 6.77.